The molecule has 1 aromatic heterocycles. The highest BCUT2D eigenvalue weighted by molar-refractivity contribution is 6.31. The third-order valence-corrected chi connectivity index (χ3v) is 4.81. The summed E-state index contributed by atoms with van der Waals surface area (Å²) in [6.45, 7) is 3.75. The van der Waals surface area contributed by atoms with E-state index in [1.165, 1.54) is 0 Å². The summed E-state index contributed by atoms with van der Waals surface area (Å²) in [5, 5.41) is 4.86. The molecule has 1 fully saturated rings. The number of aromatic amines is 1. The molecule has 1 aliphatic heterocycles. The molecule has 1 aliphatic rings. The second kappa shape index (κ2) is 7.37. The third-order valence-electron chi connectivity index (χ3n) is 4.58. The van der Waals surface area contributed by atoms with Crippen molar-refractivity contribution in [2.24, 2.45) is 5.92 Å². The summed E-state index contributed by atoms with van der Waals surface area (Å²) in [5.74, 6) is 0.466. The number of aromatic nitrogens is 1. The zero-order valence-corrected chi connectivity index (χ0v) is 14.2. The van der Waals surface area contributed by atoms with Crippen LogP contribution in [0.25, 0.3) is 10.9 Å². The second-order valence-electron chi connectivity index (χ2n) is 6.23. The molecule has 0 radical (unpaired) electrons. The first-order chi connectivity index (χ1) is 11.2. The van der Waals surface area contributed by atoms with E-state index in [1.54, 1.807) is 0 Å². The number of carbonyl (C=O) groups excluding carboxylic acids is 1. The van der Waals surface area contributed by atoms with Gasteiger partial charge in [-0.3, -0.25) is 4.79 Å². The number of rotatable bonds is 5. The molecule has 5 heteroatoms. The van der Waals surface area contributed by atoms with Crippen molar-refractivity contribution in [3.05, 3.63) is 35.0 Å². The van der Waals surface area contributed by atoms with Crippen LogP contribution in [-0.2, 0) is 4.74 Å². The Kier molecular flexibility index (Phi) is 5.23. The van der Waals surface area contributed by atoms with E-state index >= 15 is 0 Å². The largest absolute Gasteiger partial charge is 0.381 e. The Morgan fingerprint density at radius 3 is 2.91 bits per heavy atom. The lowest BCUT2D eigenvalue weighted by atomic mass is 9.89. The lowest BCUT2D eigenvalue weighted by Crippen LogP contribution is -2.42. The number of hydrogen-bond acceptors (Lipinski definition) is 2. The maximum Gasteiger partial charge on any atom is 0.267 e. The van der Waals surface area contributed by atoms with Crippen molar-refractivity contribution in [1.82, 2.24) is 10.3 Å². The van der Waals surface area contributed by atoms with E-state index in [0.717, 1.165) is 49.8 Å². The number of halogens is 1. The fraction of sp³-hybridized carbons (Fsp3) is 0.500. The number of fused-ring (bicyclic) bond motifs is 1. The van der Waals surface area contributed by atoms with Crippen LogP contribution in [0, 0.1) is 5.92 Å². The minimum atomic E-state index is -0.0396. The minimum Gasteiger partial charge on any atom is -0.381 e. The molecule has 4 nitrogen and oxygen atoms in total. The van der Waals surface area contributed by atoms with Crippen molar-refractivity contribution in [2.75, 3.05) is 13.2 Å². The van der Waals surface area contributed by atoms with E-state index in [4.69, 9.17) is 16.3 Å². The van der Waals surface area contributed by atoms with Crippen LogP contribution < -0.4 is 5.32 Å². The van der Waals surface area contributed by atoms with Gasteiger partial charge in [-0.2, -0.15) is 0 Å². The van der Waals surface area contributed by atoms with Crippen molar-refractivity contribution < 1.29 is 9.53 Å². The van der Waals surface area contributed by atoms with E-state index in [2.05, 4.69) is 17.2 Å². The van der Waals surface area contributed by atoms with Gasteiger partial charge >= 0.3 is 0 Å². The average molecular weight is 335 g/mol. The third kappa shape index (κ3) is 3.88. The molecular formula is C18H23ClN2O2. The first kappa shape index (κ1) is 16.3. The zero-order chi connectivity index (χ0) is 16.2. The Bertz CT molecular complexity index is 677. The molecule has 1 amide bonds. The molecule has 1 unspecified atom stereocenters. The molecule has 1 aromatic carbocycles. The summed E-state index contributed by atoms with van der Waals surface area (Å²) >= 11 is 6.01. The molecule has 23 heavy (non-hydrogen) atoms. The molecule has 0 aliphatic carbocycles. The summed E-state index contributed by atoms with van der Waals surface area (Å²) < 4.78 is 5.44. The van der Waals surface area contributed by atoms with Gasteiger partial charge in [0.15, 0.2) is 0 Å². The predicted octanol–water partition coefficient (Wildman–Crippen LogP) is 4.15. The van der Waals surface area contributed by atoms with E-state index in [0.29, 0.717) is 16.6 Å². The Labute approximate surface area is 141 Å². The topological polar surface area (TPSA) is 54.1 Å². The summed E-state index contributed by atoms with van der Waals surface area (Å²) in [4.78, 5) is 15.8. The highest BCUT2D eigenvalue weighted by atomic mass is 35.5. The van der Waals surface area contributed by atoms with Crippen LogP contribution in [0.3, 0.4) is 0 Å². The number of H-pyrrole nitrogens is 1. The minimum absolute atomic E-state index is 0.0396. The zero-order valence-electron chi connectivity index (χ0n) is 13.4. The molecule has 1 atom stereocenters. The van der Waals surface area contributed by atoms with Crippen LogP contribution in [0.4, 0.5) is 0 Å². The SMILES string of the molecule is CCCC(NC(=O)c1cc2cc(Cl)ccc2[nH]1)C1CCOCC1. The van der Waals surface area contributed by atoms with Crippen molar-refractivity contribution in [1.29, 1.82) is 0 Å². The molecule has 0 bridgehead atoms. The number of benzene rings is 1. The van der Waals surface area contributed by atoms with Crippen LogP contribution >= 0.6 is 11.6 Å². The van der Waals surface area contributed by atoms with Crippen LogP contribution in [0.5, 0.6) is 0 Å². The molecule has 2 heterocycles. The Morgan fingerprint density at radius 2 is 2.17 bits per heavy atom. The quantitative estimate of drug-likeness (QED) is 0.863. The van der Waals surface area contributed by atoms with E-state index in [-0.39, 0.29) is 11.9 Å². The summed E-state index contributed by atoms with van der Waals surface area (Å²) in [5.41, 5.74) is 1.52. The van der Waals surface area contributed by atoms with Crippen molar-refractivity contribution >= 4 is 28.4 Å². The first-order valence-electron chi connectivity index (χ1n) is 8.34. The Morgan fingerprint density at radius 1 is 1.39 bits per heavy atom. The molecule has 0 saturated carbocycles. The fourth-order valence-corrected chi connectivity index (χ4v) is 3.51. The van der Waals surface area contributed by atoms with E-state index < -0.39 is 0 Å². The molecule has 1 saturated heterocycles. The van der Waals surface area contributed by atoms with Gasteiger partial charge in [-0.1, -0.05) is 24.9 Å². The van der Waals surface area contributed by atoms with Gasteiger partial charge in [0.25, 0.3) is 5.91 Å². The van der Waals surface area contributed by atoms with Gasteiger partial charge in [0, 0.05) is 35.2 Å². The number of ether oxygens (including phenoxy) is 1. The standard InChI is InChI=1S/C18H23ClN2O2/c1-2-3-15(12-6-8-23-9-7-12)21-18(22)17-11-13-10-14(19)4-5-16(13)20-17/h4-5,10-12,15,20H,2-3,6-9H2,1H3,(H,21,22). The molecule has 0 spiro atoms. The van der Waals surface area contributed by atoms with Crippen LogP contribution in [0.1, 0.15) is 43.1 Å². The van der Waals surface area contributed by atoms with Crippen molar-refractivity contribution in [3.8, 4) is 0 Å². The monoisotopic (exact) mass is 334 g/mol. The normalized spacial score (nSPS) is 17.3. The summed E-state index contributed by atoms with van der Waals surface area (Å²) in [7, 11) is 0. The molecule has 2 N–H and O–H groups in total. The fourth-order valence-electron chi connectivity index (χ4n) is 3.33. The second-order valence-corrected chi connectivity index (χ2v) is 6.67. The Hall–Kier alpha value is -1.52. The highest BCUT2D eigenvalue weighted by Gasteiger charge is 2.25. The summed E-state index contributed by atoms with van der Waals surface area (Å²) in [6, 6.07) is 7.67. The number of nitrogens with one attached hydrogen (secondary N) is 2. The van der Waals surface area contributed by atoms with E-state index in [9.17, 15) is 4.79 Å². The lowest BCUT2D eigenvalue weighted by Gasteiger charge is -2.30. The van der Waals surface area contributed by atoms with Crippen LogP contribution in [-0.4, -0.2) is 30.1 Å². The van der Waals surface area contributed by atoms with E-state index in [1.807, 2.05) is 24.3 Å². The van der Waals surface area contributed by atoms with Gasteiger partial charge in [-0.25, -0.2) is 0 Å². The smallest absolute Gasteiger partial charge is 0.267 e. The lowest BCUT2D eigenvalue weighted by molar-refractivity contribution is 0.0502. The van der Waals surface area contributed by atoms with Crippen molar-refractivity contribution in [2.45, 2.75) is 38.6 Å². The number of amides is 1. The first-order valence-corrected chi connectivity index (χ1v) is 8.72. The van der Waals surface area contributed by atoms with Crippen LogP contribution in [0.2, 0.25) is 5.02 Å². The van der Waals surface area contributed by atoms with Gasteiger partial charge in [0.05, 0.1) is 0 Å². The van der Waals surface area contributed by atoms with Gasteiger partial charge in [0.2, 0.25) is 0 Å². The maximum atomic E-state index is 12.6. The number of hydrogen-bond donors (Lipinski definition) is 2. The number of carbonyl (C=O) groups is 1. The predicted molar refractivity (Wildman–Crippen MR) is 93.0 cm³/mol. The van der Waals surface area contributed by atoms with Gasteiger partial charge < -0.3 is 15.0 Å². The van der Waals surface area contributed by atoms with Crippen LogP contribution in [0.15, 0.2) is 24.3 Å². The molecule has 2 aromatic rings. The Balaban J connectivity index is 1.74. The molecular weight excluding hydrogens is 312 g/mol. The average Bonchev–Trinajstić information content (AvgIpc) is 2.98. The van der Waals surface area contributed by atoms with Gasteiger partial charge in [-0.15, -0.1) is 0 Å². The summed E-state index contributed by atoms with van der Waals surface area (Å²) in [6.07, 6.45) is 4.10. The van der Waals surface area contributed by atoms with Crippen molar-refractivity contribution in [3.63, 3.8) is 0 Å². The molecule has 3 rings (SSSR count). The van der Waals surface area contributed by atoms with Gasteiger partial charge in [0.1, 0.15) is 5.69 Å². The van der Waals surface area contributed by atoms with Gasteiger partial charge in [-0.05, 0) is 49.4 Å². The maximum absolute atomic E-state index is 12.6. The highest BCUT2D eigenvalue weighted by Crippen LogP contribution is 2.23. The molecule has 124 valence electrons.